The molecule has 0 saturated carbocycles. The highest BCUT2D eigenvalue weighted by atomic mass is 127. The summed E-state index contributed by atoms with van der Waals surface area (Å²) in [6.45, 7) is 5.11. The van der Waals surface area contributed by atoms with Crippen LogP contribution < -0.4 is 5.32 Å². The van der Waals surface area contributed by atoms with Crippen molar-refractivity contribution >= 4 is 28.3 Å². The monoisotopic (exact) mass is 363 g/mol. The maximum atomic E-state index is 13.1. The number of rotatable bonds is 3. The smallest absolute Gasteiger partial charge is 0.124 e. The molecule has 1 aromatic rings. The Morgan fingerprint density at radius 3 is 3.00 bits per heavy atom. The minimum Gasteiger partial charge on any atom is -0.381 e. The first-order valence-corrected chi connectivity index (χ1v) is 7.46. The fourth-order valence-corrected chi connectivity index (χ4v) is 2.96. The average molecular weight is 363 g/mol. The summed E-state index contributed by atoms with van der Waals surface area (Å²) in [5.41, 5.74) is 0.990. The van der Waals surface area contributed by atoms with Gasteiger partial charge in [0.25, 0.3) is 0 Å². The van der Waals surface area contributed by atoms with Crippen molar-refractivity contribution in [2.45, 2.75) is 44.8 Å². The number of hydrogen-bond acceptors (Lipinski definition) is 2. The number of hydrogen-bond donors (Lipinski definition) is 1. The molecule has 0 aliphatic carbocycles. The predicted molar refractivity (Wildman–Crippen MR) is 80.4 cm³/mol. The molecule has 2 nitrogen and oxygen atoms in total. The quantitative estimate of drug-likeness (QED) is 0.814. The van der Waals surface area contributed by atoms with Gasteiger partial charge in [-0.15, -0.1) is 0 Å². The molecule has 0 bridgehead atoms. The number of ether oxygens (including phenoxy) is 1. The van der Waals surface area contributed by atoms with Gasteiger partial charge in [-0.25, -0.2) is 4.39 Å². The molecule has 1 aliphatic rings. The topological polar surface area (TPSA) is 21.3 Å². The fourth-order valence-electron chi connectivity index (χ4n) is 2.33. The van der Waals surface area contributed by atoms with Gasteiger partial charge in [0.05, 0.1) is 5.60 Å². The molecule has 0 spiro atoms. The largest absolute Gasteiger partial charge is 0.381 e. The van der Waals surface area contributed by atoms with E-state index < -0.39 is 0 Å². The Bertz CT molecular complexity index is 426. The number of benzene rings is 1. The third kappa shape index (κ3) is 3.35. The van der Waals surface area contributed by atoms with Crippen LogP contribution in [0.2, 0.25) is 0 Å². The normalized spacial score (nSPS) is 28.1. The summed E-state index contributed by atoms with van der Waals surface area (Å²) in [4.78, 5) is 0. The number of nitrogens with one attached hydrogen (secondary N) is 1. The molecule has 0 amide bonds. The van der Waals surface area contributed by atoms with Crippen LogP contribution in [-0.4, -0.2) is 18.2 Å². The highest BCUT2D eigenvalue weighted by molar-refractivity contribution is 14.1. The van der Waals surface area contributed by atoms with E-state index in [1.807, 2.05) is 6.07 Å². The molecule has 1 aromatic carbocycles. The Morgan fingerprint density at radius 2 is 2.33 bits per heavy atom. The van der Waals surface area contributed by atoms with Gasteiger partial charge in [-0.1, -0.05) is 6.92 Å². The summed E-state index contributed by atoms with van der Waals surface area (Å²) >= 11 is 2.17. The predicted octanol–water partition coefficient (Wildman–Crippen LogP) is 4.19. The summed E-state index contributed by atoms with van der Waals surface area (Å²) in [5.74, 6) is -0.185. The van der Waals surface area contributed by atoms with E-state index in [0.29, 0.717) is 6.04 Å². The molecule has 1 saturated heterocycles. The van der Waals surface area contributed by atoms with E-state index in [1.165, 1.54) is 6.07 Å². The van der Waals surface area contributed by atoms with Crippen LogP contribution in [0.4, 0.5) is 10.1 Å². The van der Waals surface area contributed by atoms with Gasteiger partial charge in [0.15, 0.2) is 0 Å². The van der Waals surface area contributed by atoms with Gasteiger partial charge in [-0.3, -0.25) is 0 Å². The van der Waals surface area contributed by atoms with Crippen molar-refractivity contribution in [3.63, 3.8) is 0 Å². The van der Waals surface area contributed by atoms with E-state index in [4.69, 9.17) is 4.74 Å². The SMILES string of the molecule is CCC1(C)CC(Nc2ccc(F)cc2I)CCO1. The van der Waals surface area contributed by atoms with Crippen LogP contribution in [0, 0.1) is 9.39 Å². The van der Waals surface area contributed by atoms with Crippen molar-refractivity contribution in [2.75, 3.05) is 11.9 Å². The molecule has 0 aromatic heterocycles. The van der Waals surface area contributed by atoms with Gasteiger partial charge in [-0.05, 0) is 67.0 Å². The van der Waals surface area contributed by atoms with Crippen LogP contribution in [0.3, 0.4) is 0 Å². The lowest BCUT2D eigenvalue weighted by atomic mass is 9.90. The van der Waals surface area contributed by atoms with Gasteiger partial charge in [0, 0.05) is 21.9 Å². The van der Waals surface area contributed by atoms with Gasteiger partial charge in [0.1, 0.15) is 5.82 Å². The van der Waals surface area contributed by atoms with Crippen molar-refractivity contribution in [2.24, 2.45) is 0 Å². The second kappa shape index (κ2) is 5.74. The first kappa shape index (κ1) is 14.1. The van der Waals surface area contributed by atoms with E-state index in [2.05, 4.69) is 41.8 Å². The van der Waals surface area contributed by atoms with Crippen LogP contribution in [0.25, 0.3) is 0 Å². The summed E-state index contributed by atoms with van der Waals surface area (Å²) < 4.78 is 19.8. The molecule has 2 unspecified atom stereocenters. The summed E-state index contributed by atoms with van der Waals surface area (Å²) in [5, 5.41) is 3.51. The van der Waals surface area contributed by atoms with Crippen LogP contribution in [0.15, 0.2) is 18.2 Å². The highest BCUT2D eigenvalue weighted by Gasteiger charge is 2.31. The van der Waals surface area contributed by atoms with E-state index in [-0.39, 0.29) is 11.4 Å². The minimum absolute atomic E-state index is 0.0264. The number of halogens is 2. The average Bonchev–Trinajstić information content (AvgIpc) is 2.33. The zero-order valence-electron chi connectivity index (χ0n) is 10.8. The van der Waals surface area contributed by atoms with Crippen molar-refractivity contribution < 1.29 is 9.13 Å². The van der Waals surface area contributed by atoms with Gasteiger partial charge in [-0.2, -0.15) is 0 Å². The molecular formula is C14H19FINO. The van der Waals surface area contributed by atoms with Gasteiger partial charge in [0.2, 0.25) is 0 Å². The zero-order valence-corrected chi connectivity index (χ0v) is 13.0. The molecule has 2 rings (SSSR count). The standard InChI is InChI=1S/C14H19FINO/c1-3-14(2)9-11(6-7-18-14)17-13-5-4-10(15)8-12(13)16/h4-5,8,11,17H,3,6-7,9H2,1-2H3. The van der Waals surface area contributed by atoms with Crippen LogP contribution in [-0.2, 0) is 4.74 Å². The van der Waals surface area contributed by atoms with E-state index >= 15 is 0 Å². The molecule has 100 valence electrons. The van der Waals surface area contributed by atoms with Crippen molar-refractivity contribution in [1.82, 2.24) is 0 Å². The molecule has 1 fully saturated rings. The summed E-state index contributed by atoms with van der Waals surface area (Å²) in [6, 6.07) is 5.28. The molecule has 1 N–H and O–H groups in total. The lowest BCUT2D eigenvalue weighted by molar-refractivity contribution is -0.0708. The molecule has 1 aliphatic heterocycles. The Kier molecular flexibility index (Phi) is 4.48. The molecular weight excluding hydrogens is 344 g/mol. The molecule has 4 heteroatoms. The van der Waals surface area contributed by atoms with Crippen LogP contribution in [0.5, 0.6) is 0 Å². The van der Waals surface area contributed by atoms with Crippen molar-refractivity contribution in [3.8, 4) is 0 Å². The molecule has 2 atom stereocenters. The number of anilines is 1. The Morgan fingerprint density at radius 1 is 1.56 bits per heavy atom. The van der Waals surface area contributed by atoms with Crippen molar-refractivity contribution in [1.29, 1.82) is 0 Å². The molecule has 18 heavy (non-hydrogen) atoms. The zero-order chi connectivity index (χ0) is 13.2. The Balaban J connectivity index is 2.05. The van der Waals surface area contributed by atoms with E-state index in [1.54, 1.807) is 6.07 Å². The minimum atomic E-state index is -0.185. The lowest BCUT2D eigenvalue weighted by Gasteiger charge is -2.38. The first-order valence-electron chi connectivity index (χ1n) is 6.38. The third-order valence-corrected chi connectivity index (χ3v) is 4.53. The van der Waals surface area contributed by atoms with Crippen LogP contribution >= 0.6 is 22.6 Å². The van der Waals surface area contributed by atoms with Crippen LogP contribution in [0.1, 0.15) is 33.1 Å². The van der Waals surface area contributed by atoms with E-state index in [0.717, 1.165) is 35.1 Å². The lowest BCUT2D eigenvalue weighted by Crippen LogP contribution is -2.41. The third-order valence-electron chi connectivity index (χ3n) is 3.63. The molecule has 0 radical (unpaired) electrons. The second-order valence-corrected chi connectivity index (χ2v) is 6.27. The van der Waals surface area contributed by atoms with Gasteiger partial charge < -0.3 is 10.1 Å². The maximum Gasteiger partial charge on any atom is 0.124 e. The van der Waals surface area contributed by atoms with E-state index in [9.17, 15) is 4.39 Å². The highest BCUT2D eigenvalue weighted by Crippen LogP contribution is 2.30. The first-order chi connectivity index (χ1) is 8.52. The Hall–Kier alpha value is -0.360. The summed E-state index contributed by atoms with van der Waals surface area (Å²) in [6.07, 6.45) is 3.02. The fraction of sp³-hybridized carbons (Fsp3) is 0.571. The summed E-state index contributed by atoms with van der Waals surface area (Å²) in [7, 11) is 0. The Labute approximate surface area is 121 Å². The maximum absolute atomic E-state index is 13.1. The van der Waals surface area contributed by atoms with Gasteiger partial charge >= 0.3 is 0 Å². The van der Waals surface area contributed by atoms with Crippen molar-refractivity contribution in [3.05, 3.63) is 27.6 Å². The molecule has 1 heterocycles. The second-order valence-electron chi connectivity index (χ2n) is 5.11.